The van der Waals surface area contributed by atoms with Crippen LogP contribution in [0.5, 0.6) is 5.75 Å². The maximum absolute atomic E-state index is 14.2. The maximum Gasteiger partial charge on any atom is 0.258 e. The van der Waals surface area contributed by atoms with Crippen molar-refractivity contribution in [1.29, 1.82) is 0 Å². The van der Waals surface area contributed by atoms with Crippen LogP contribution in [-0.4, -0.2) is 85.7 Å². The first-order chi connectivity index (χ1) is 28.4. The van der Waals surface area contributed by atoms with Gasteiger partial charge in [0.25, 0.3) is 5.91 Å². The lowest BCUT2D eigenvalue weighted by Crippen LogP contribution is -2.59. The van der Waals surface area contributed by atoms with Crippen LogP contribution in [0, 0.1) is 23.7 Å². The van der Waals surface area contributed by atoms with Crippen molar-refractivity contribution in [2.24, 2.45) is 23.7 Å². The molecule has 14 nitrogen and oxygen atoms in total. The molecule has 1 saturated carbocycles. The smallest absolute Gasteiger partial charge is 0.258 e. The Morgan fingerprint density at radius 3 is 2.31 bits per heavy atom. The van der Waals surface area contributed by atoms with Gasteiger partial charge in [0.2, 0.25) is 17.7 Å². The number of benzene rings is 2. The van der Waals surface area contributed by atoms with Crippen LogP contribution in [0.4, 0.5) is 0 Å². The average molecular weight is 812 g/mol. The van der Waals surface area contributed by atoms with Gasteiger partial charge in [0.1, 0.15) is 23.9 Å². The Kier molecular flexibility index (Phi) is 16.8. The minimum Gasteiger partial charge on any atom is -0.483 e. The van der Waals surface area contributed by atoms with Crippen molar-refractivity contribution in [3.05, 3.63) is 90.8 Å². The largest absolute Gasteiger partial charge is 0.483 e. The Labute approximate surface area is 346 Å². The highest BCUT2D eigenvalue weighted by Crippen LogP contribution is 2.30. The maximum atomic E-state index is 14.2. The fourth-order valence-electron chi connectivity index (χ4n) is 7.92. The van der Waals surface area contributed by atoms with Crippen LogP contribution >= 0.6 is 0 Å². The molecule has 2 aromatic carbocycles. The van der Waals surface area contributed by atoms with Crippen LogP contribution in [0.25, 0.3) is 10.8 Å². The van der Waals surface area contributed by atoms with Gasteiger partial charge in [0.15, 0.2) is 6.61 Å². The second-order valence-corrected chi connectivity index (χ2v) is 16.2. The molecule has 1 fully saturated rings. The monoisotopic (exact) mass is 811 g/mol. The van der Waals surface area contributed by atoms with Gasteiger partial charge in [-0.2, -0.15) is 0 Å². The minimum absolute atomic E-state index is 0.0665. The molecule has 318 valence electrons. The number of amides is 4. The number of rotatable bonds is 21. The lowest BCUT2D eigenvalue weighted by molar-refractivity contribution is -0.141. The van der Waals surface area contributed by atoms with Gasteiger partial charge in [0.05, 0.1) is 36.6 Å². The standard InChI is InChI=1S/C45H61N7O7/c1-5-29(4)40(45(58)48-25-32-18-11-12-21-47-32)52-44(57)39(28(2)3)42(55)41(54)35(22-30-14-7-6-8-15-30)51-43(56)36(23-33-24-46-27-49-33)50-38(53)26-59-37-20-13-17-31-16-9-10-19-34(31)37/h9-13,16-21,24,27-30,35-36,39-42,54-55H,5-8,14-15,22-23,25-26H2,1-4H3,(H,46,49)(H,48,58)(H,50,53)(H,51,56)(H,52,57)/t29-,35-,36-,39+,40-,41+,42+/m0/s1. The third-order valence-electron chi connectivity index (χ3n) is 11.5. The molecule has 0 unspecified atom stereocenters. The van der Waals surface area contributed by atoms with E-state index < -0.39 is 59.9 Å². The van der Waals surface area contributed by atoms with Crippen LogP contribution in [0.1, 0.15) is 84.0 Å². The first-order valence-electron chi connectivity index (χ1n) is 21.0. The van der Waals surface area contributed by atoms with E-state index in [0.717, 1.165) is 42.9 Å². The second-order valence-electron chi connectivity index (χ2n) is 16.2. The summed E-state index contributed by atoms with van der Waals surface area (Å²) < 4.78 is 5.91. The topological polar surface area (TPSA) is 208 Å². The Morgan fingerprint density at radius 2 is 1.61 bits per heavy atom. The summed E-state index contributed by atoms with van der Waals surface area (Å²) in [6, 6.07) is 15.7. The fraction of sp³-hybridized carbons (Fsp3) is 0.511. The SMILES string of the molecule is CC[C@H](C)[C@H](NC(=O)[C@H](C(C)C)[C@@H](O)[C@H](O)[C@H](CC1CCCCC1)NC(=O)[C@H](Cc1cnc[nH]1)NC(=O)COc1cccc2ccccc12)C(=O)NCc1ccccn1. The van der Waals surface area contributed by atoms with Crippen LogP contribution in [0.2, 0.25) is 0 Å². The number of nitrogens with zero attached hydrogens (tertiary/aromatic N) is 2. The molecule has 59 heavy (non-hydrogen) atoms. The molecular formula is C45H61N7O7. The van der Waals surface area contributed by atoms with Gasteiger partial charge in [-0.25, -0.2) is 4.98 Å². The van der Waals surface area contributed by atoms with E-state index >= 15 is 0 Å². The van der Waals surface area contributed by atoms with Crippen molar-refractivity contribution < 1.29 is 34.1 Å². The number of nitrogens with one attached hydrogen (secondary N) is 5. The summed E-state index contributed by atoms with van der Waals surface area (Å²) in [7, 11) is 0. The molecule has 1 aliphatic rings. The number of carbonyl (C=O) groups is 4. The van der Waals surface area contributed by atoms with E-state index in [1.165, 1.54) is 6.33 Å². The number of carbonyl (C=O) groups excluding carboxylic acids is 4. The van der Waals surface area contributed by atoms with Crippen LogP contribution < -0.4 is 26.0 Å². The molecule has 4 aromatic rings. The molecule has 0 spiro atoms. The van der Waals surface area contributed by atoms with Crippen molar-refractivity contribution in [2.45, 2.75) is 116 Å². The molecule has 0 bridgehead atoms. The number of H-pyrrole nitrogens is 1. The summed E-state index contributed by atoms with van der Waals surface area (Å²) in [6.07, 6.45) is 7.45. The van der Waals surface area contributed by atoms with Crippen molar-refractivity contribution in [3.63, 3.8) is 0 Å². The van der Waals surface area contributed by atoms with Crippen LogP contribution in [-0.2, 0) is 32.1 Å². The van der Waals surface area contributed by atoms with Crippen molar-refractivity contribution in [3.8, 4) is 5.75 Å². The zero-order chi connectivity index (χ0) is 42.3. The normalized spacial score (nSPS) is 16.9. The molecule has 5 rings (SSSR count). The lowest BCUT2D eigenvalue weighted by Gasteiger charge is -2.37. The summed E-state index contributed by atoms with van der Waals surface area (Å²) in [6.45, 7) is 7.16. The van der Waals surface area contributed by atoms with Gasteiger partial charge >= 0.3 is 0 Å². The minimum atomic E-state index is -1.60. The van der Waals surface area contributed by atoms with Crippen LogP contribution in [0.3, 0.4) is 0 Å². The molecule has 2 aromatic heterocycles. The number of aromatic amines is 1. The third kappa shape index (κ3) is 12.8. The summed E-state index contributed by atoms with van der Waals surface area (Å²) in [5.74, 6) is -3.19. The van der Waals surface area contributed by atoms with E-state index in [4.69, 9.17) is 4.74 Å². The number of ether oxygens (including phenoxy) is 1. The highest BCUT2D eigenvalue weighted by molar-refractivity contribution is 5.91. The predicted molar refractivity (Wildman–Crippen MR) is 225 cm³/mol. The lowest BCUT2D eigenvalue weighted by atomic mass is 9.79. The van der Waals surface area contributed by atoms with Gasteiger partial charge in [-0.3, -0.25) is 24.2 Å². The first-order valence-corrected chi connectivity index (χ1v) is 21.0. The summed E-state index contributed by atoms with van der Waals surface area (Å²) in [5.41, 5.74) is 1.27. The molecule has 0 saturated heterocycles. The molecule has 7 atom stereocenters. The Bertz CT molecular complexity index is 1930. The number of pyridine rings is 1. The van der Waals surface area contributed by atoms with Gasteiger partial charge in [0, 0.05) is 29.9 Å². The van der Waals surface area contributed by atoms with E-state index in [-0.39, 0.29) is 37.3 Å². The molecule has 0 aliphatic heterocycles. The zero-order valence-corrected chi connectivity index (χ0v) is 34.6. The third-order valence-corrected chi connectivity index (χ3v) is 11.5. The highest BCUT2D eigenvalue weighted by Gasteiger charge is 2.41. The Hall–Kier alpha value is -5.34. The second kappa shape index (κ2) is 22.1. The summed E-state index contributed by atoms with van der Waals surface area (Å²) in [4.78, 5) is 66.5. The molecule has 7 N–H and O–H groups in total. The van der Waals surface area contributed by atoms with Gasteiger partial charge in [-0.05, 0) is 47.8 Å². The number of aliphatic hydroxyl groups is 2. The molecule has 2 heterocycles. The van der Waals surface area contributed by atoms with Gasteiger partial charge in [-0.15, -0.1) is 0 Å². The number of hydrogen-bond acceptors (Lipinski definition) is 9. The molecule has 0 radical (unpaired) electrons. The van der Waals surface area contributed by atoms with Crippen molar-refractivity contribution >= 4 is 34.4 Å². The fourth-order valence-corrected chi connectivity index (χ4v) is 7.92. The predicted octanol–water partition coefficient (Wildman–Crippen LogP) is 4.36. The molecule has 4 amide bonds. The summed E-state index contributed by atoms with van der Waals surface area (Å²) in [5, 5.41) is 37.2. The number of fused-ring (bicyclic) bond motifs is 1. The van der Waals surface area contributed by atoms with Gasteiger partial charge < -0.3 is 41.2 Å². The van der Waals surface area contributed by atoms with E-state index in [9.17, 15) is 29.4 Å². The molecular weight excluding hydrogens is 751 g/mol. The first kappa shape index (κ1) is 44.8. The highest BCUT2D eigenvalue weighted by atomic mass is 16.5. The van der Waals surface area contributed by atoms with Crippen LogP contribution in [0.15, 0.2) is 79.4 Å². The number of aromatic nitrogens is 3. The van der Waals surface area contributed by atoms with Crippen molar-refractivity contribution in [2.75, 3.05) is 6.61 Å². The van der Waals surface area contributed by atoms with E-state index in [1.54, 1.807) is 44.4 Å². The Morgan fingerprint density at radius 1 is 0.864 bits per heavy atom. The summed E-state index contributed by atoms with van der Waals surface area (Å²) >= 11 is 0. The molecule has 14 heteroatoms. The van der Waals surface area contributed by atoms with E-state index in [0.29, 0.717) is 30.0 Å². The Balaban J connectivity index is 1.32. The quantitative estimate of drug-likeness (QED) is 0.0637. The number of aliphatic hydroxyl groups excluding tert-OH is 2. The average Bonchev–Trinajstić information content (AvgIpc) is 3.76. The zero-order valence-electron chi connectivity index (χ0n) is 34.6. The van der Waals surface area contributed by atoms with Crippen molar-refractivity contribution in [1.82, 2.24) is 36.2 Å². The molecule has 1 aliphatic carbocycles. The van der Waals surface area contributed by atoms with Gasteiger partial charge in [-0.1, -0.05) is 109 Å². The van der Waals surface area contributed by atoms with E-state index in [1.807, 2.05) is 56.3 Å². The number of hydrogen-bond donors (Lipinski definition) is 7. The van der Waals surface area contributed by atoms with E-state index in [2.05, 4.69) is 36.2 Å². The number of imidazole rings is 1.